The highest BCUT2D eigenvalue weighted by Gasteiger charge is 2.48. The molecule has 0 bridgehead atoms. The van der Waals surface area contributed by atoms with Crippen molar-refractivity contribution in [3.63, 3.8) is 0 Å². The molecule has 1 saturated heterocycles. The van der Waals surface area contributed by atoms with E-state index in [1.54, 1.807) is 24.3 Å². The lowest BCUT2D eigenvalue weighted by molar-refractivity contribution is 0.359. The molecule has 1 aliphatic heterocycles. The van der Waals surface area contributed by atoms with Crippen molar-refractivity contribution in [2.75, 3.05) is 13.1 Å². The quantitative estimate of drug-likeness (QED) is 0.861. The van der Waals surface area contributed by atoms with Gasteiger partial charge in [-0.3, -0.25) is 0 Å². The van der Waals surface area contributed by atoms with E-state index in [4.69, 9.17) is 0 Å². The number of sulfonamides is 1. The fraction of sp³-hybridized carbons (Fsp3) is 0.538. The Labute approximate surface area is 108 Å². The van der Waals surface area contributed by atoms with Crippen LogP contribution in [0.2, 0.25) is 0 Å². The normalized spacial score (nSPS) is 31.4. The molecule has 2 atom stereocenters. The molecule has 0 spiro atoms. The summed E-state index contributed by atoms with van der Waals surface area (Å²) in [5, 5.41) is 3.31. The molecule has 2 fully saturated rings. The maximum absolute atomic E-state index is 12.4. The molecule has 3 rings (SSSR count). The second kappa shape index (κ2) is 4.33. The lowest BCUT2D eigenvalue weighted by atomic mass is 9.92. The summed E-state index contributed by atoms with van der Waals surface area (Å²) in [4.78, 5) is 0.358. The molecule has 0 radical (unpaired) electrons. The van der Waals surface area contributed by atoms with Gasteiger partial charge in [-0.15, -0.1) is 0 Å². The Hall–Kier alpha value is -0.910. The van der Waals surface area contributed by atoms with Gasteiger partial charge in [0.25, 0.3) is 0 Å². The van der Waals surface area contributed by atoms with Crippen LogP contribution in [0.1, 0.15) is 19.3 Å². The van der Waals surface area contributed by atoms with Gasteiger partial charge in [-0.2, -0.15) is 0 Å². The summed E-state index contributed by atoms with van der Waals surface area (Å²) in [6.45, 7) is 1.68. The molecule has 0 aromatic heterocycles. The third kappa shape index (κ3) is 1.96. The van der Waals surface area contributed by atoms with Crippen molar-refractivity contribution >= 4 is 10.0 Å². The molecule has 0 unspecified atom stereocenters. The van der Waals surface area contributed by atoms with Gasteiger partial charge >= 0.3 is 0 Å². The first-order valence-electron chi connectivity index (χ1n) is 6.42. The molecule has 2 aliphatic rings. The molecule has 1 aromatic rings. The maximum Gasteiger partial charge on any atom is 0.241 e. The fourth-order valence-electron chi connectivity index (χ4n) is 3.24. The molecule has 1 aliphatic carbocycles. The number of hydrogen-bond donors (Lipinski definition) is 2. The van der Waals surface area contributed by atoms with Crippen LogP contribution in [-0.4, -0.2) is 27.0 Å². The van der Waals surface area contributed by atoms with Crippen LogP contribution in [0.4, 0.5) is 0 Å². The van der Waals surface area contributed by atoms with Crippen molar-refractivity contribution in [3.05, 3.63) is 30.3 Å². The van der Waals surface area contributed by atoms with Crippen LogP contribution in [0.25, 0.3) is 0 Å². The summed E-state index contributed by atoms with van der Waals surface area (Å²) in [6, 6.07) is 8.62. The number of nitrogens with one attached hydrogen (secondary N) is 2. The van der Waals surface area contributed by atoms with Gasteiger partial charge in [0.2, 0.25) is 10.0 Å². The minimum absolute atomic E-state index is 0.255. The molecule has 1 saturated carbocycles. The molecular weight excluding hydrogens is 248 g/mol. The third-order valence-corrected chi connectivity index (χ3v) is 5.75. The zero-order chi connectivity index (χ0) is 12.6. The van der Waals surface area contributed by atoms with Crippen molar-refractivity contribution in [2.24, 2.45) is 5.92 Å². The van der Waals surface area contributed by atoms with Crippen molar-refractivity contribution in [1.29, 1.82) is 0 Å². The average molecular weight is 266 g/mol. The molecule has 2 N–H and O–H groups in total. The summed E-state index contributed by atoms with van der Waals surface area (Å²) in [6.07, 6.45) is 3.17. The van der Waals surface area contributed by atoms with E-state index in [0.717, 1.165) is 32.4 Å². The van der Waals surface area contributed by atoms with Crippen LogP contribution in [0.15, 0.2) is 35.2 Å². The number of rotatable bonds is 3. The Kier molecular flexibility index (Phi) is 2.92. The second-order valence-corrected chi connectivity index (χ2v) is 6.98. The van der Waals surface area contributed by atoms with Crippen LogP contribution in [0.3, 0.4) is 0 Å². The molecule has 4 nitrogen and oxygen atoms in total. The largest absolute Gasteiger partial charge is 0.315 e. The highest BCUT2D eigenvalue weighted by molar-refractivity contribution is 7.89. The van der Waals surface area contributed by atoms with Crippen LogP contribution >= 0.6 is 0 Å². The van der Waals surface area contributed by atoms with Gasteiger partial charge in [-0.1, -0.05) is 24.6 Å². The molecule has 0 amide bonds. The first-order chi connectivity index (χ1) is 8.62. The van der Waals surface area contributed by atoms with E-state index < -0.39 is 10.0 Å². The molecule has 98 valence electrons. The van der Waals surface area contributed by atoms with Crippen molar-refractivity contribution in [1.82, 2.24) is 10.0 Å². The third-order valence-electron chi connectivity index (χ3n) is 4.18. The molecule has 18 heavy (non-hydrogen) atoms. The van der Waals surface area contributed by atoms with Gasteiger partial charge in [0.15, 0.2) is 0 Å². The Balaban J connectivity index is 1.88. The first-order valence-corrected chi connectivity index (χ1v) is 7.90. The van der Waals surface area contributed by atoms with Gasteiger partial charge in [0.05, 0.1) is 4.90 Å². The molecular formula is C13H18N2O2S. The van der Waals surface area contributed by atoms with Gasteiger partial charge in [-0.25, -0.2) is 13.1 Å². The van der Waals surface area contributed by atoms with Gasteiger partial charge in [0, 0.05) is 12.1 Å². The Morgan fingerprint density at radius 2 is 2.06 bits per heavy atom. The Morgan fingerprint density at radius 3 is 2.83 bits per heavy atom. The summed E-state index contributed by atoms with van der Waals surface area (Å²) < 4.78 is 27.7. The lowest BCUT2D eigenvalue weighted by Crippen LogP contribution is -2.51. The standard InChI is InChI=1S/C13H18N2O2S/c16-18(17,12-6-2-1-3-7-12)15-13-8-4-5-11(13)9-14-10-13/h1-3,6-7,11,14-15H,4-5,8-10H2/t11-,13-/m0/s1. The smallest absolute Gasteiger partial charge is 0.241 e. The summed E-state index contributed by atoms with van der Waals surface area (Å²) in [5.41, 5.74) is -0.255. The zero-order valence-corrected chi connectivity index (χ0v) is 11.0. The summed E-state index contributed by atoms with van der Waals surface area (Å²) in [7, 11) is -3.40. The number of hydrogen-bond acceptors (Lipinski definition) is 3. The second-order valence-electron chi connectivity index (χ2n) is 5.29. The topological polar surface area (TPSA) is 58.2 Å². The number of benzene rings is 1. The molecule has 5 heteroatoms. The monoisotopic (exact) mass is 266 g/mol. The Morgan fingerprint density at radius 1 is 1.28 bits per heavy atom. The van der Waals surface area contributed by atoms with E-state index in [1.807, 2.05) is 6.07 Å². The van der Waals surface area contributed by atoms with E-state index in [1.165, 1.54) is 0 Å². The van der Waals surface area contributed by atoms with Gasteiger partial charge < -0.3 is 5.32 Å². The minimum Gasteiger partial charge on any atom is -0.315 e. The summed E-state index contributed by atoms with van der Waals surface area (Å²) in [5.74, 6) is 0.441. The van der Waals surface area contributed by atoms with E-state index in [9.17, 15) is 8.42 Å². The highest BCUT2D eigenvalue weighted by atomic mass is 32.2. The van der Waals surface area contributed by atoms with E-state index in [2.05, 4.69) is 10.0 Å². The maximum atomic E-state index is 12.4. The van der Waals surface area contributed by atoms with E-state index >= 15 is 0 Å². The van der Waals surface area contributed by atoms with E-state index in [0.29, 0.717) is 10.8 Å². The number of fused-ring (bicyclic) bond motifs is 1. The van der Waals surface area contributed by atoms with Gasteiger partial charge in [-0.05, 0) is 37.4 Å². The SMILES string of the molecule is O=S(=O)(N[C@]12CCC[C@H]1CNC2)c1ccccc1. The van der Waals surface area contributed by atoms with Crippen LogP contribution in [0.5, 0.6) is 0 Å². The highest BCUT2D eigenvalue weighted by Crippen LogP contribution is 2.39. The Bertz CT molecular complexity index is 517. The van der Waals surface area contributed by atoms with Crippen LogP contribution in [-0.2, 0) is 10.0 Å². The first kappa shape index (κ1) is 12.1. The summed E-state index contributed by atoms with van der Waals surface area (Å²) >= 11 is 0. The fourth-order valence-corrected chi connectivity index (χ4v) is 4.75. The van der Waals surface area contributed by atoms with Crippen molar-refractivity contribution in [2.45, 2.75) is 29.7 Å². The molecule has 1 heterocycles. The van der Waals surface area contributed by atoms with E-state index in [-0.39, 0.29) is 5.54 Å². The lowest BCUT2D eigenvalue weighted by Gasteiger charge is -2.29. The predicted molar refractivity (Wildman–Crippen MR) is 69.7 cm³/mol. The average Bonchev–Trinajstić information content (AvgIpc) is 2.88. The van der Waals surface area contributed by atoms with Crippen LogP contribution < -0.4 is 10.0 Å². The predicted octanol–water partition coefficient (Wildman–Crippen LogP) is 1.11. The minimum atomic E-state index is -3.40. The van der Waals surface area contributed by atoms with Crippen molar-refractivity contribution in [3.8, 4) is 0 Å². The van der Waals surface area contributed by atoms with Crippen LogP contribution in [0, 0.1) is 5.92 Å². The molecule has 1 aromatic carbocycles. The van der Waals surface area contributed by atoms with Crippen molar-refractivity contribution < 1.29 is 8.42 Å². The zero-order valence-electron chi connectivity index (χ0n) is 10.2. The van der Waals surface area contributed by atoms with Gasteiger partial charge in [0.1, 0.15) is 0 Å².